The number of aromatic nitrogens is 3. The third-order valence-electron chi connectivity index (χ3n) is 4.92. The van der Waals surface area contributed by atoms with Crippen molar-refractivity contribution in [3.8, 4) is 11.1 Å². The van der Waals surface area contributed by atoms with Crippen molar-refractivity contribution < 1.29 is 27.5 Å². The summed E-state index contributed by atoms with van der Waals surface area (Å²) in [7, 11) is 0. The molecule has 4 rings (SSSR count). The average Bonchev–Trinajstić information content (AvgIpc) is 3.24. The number of nitrogens with zero attached hydrogens (tertiary/aromatic N) is 4. The standard InChI is InChI=1S/C19H16F4N4O2/c20-13-2-1-10(3-12(13)19(22)23)11-4-16-15(24-5-11)6-25-27(16)9-18(29)26-7-14(21)17(28)8-26/h1-6,14,17,19,28H,7-9H2/t14-,17?/m1/s1. The van der Waals surface area contributed by atoms with Crippen molar-refractivity contribution in [3.63, 3.8) is 0 Å². The Bertz CT molecular complexity index is 1060. The number of halogens is 4. The monoisotopic (exact) mass is 408 g/mol. The molecule has 3 aromatic rings. The molecule has 6 nitrogen and oxygen atoms in total. The lowest BCUT2D eigenvalue weighted by Gasteiger charge is -2.15. The summed E-state index contributed by atoms with van der Waals surface area (Å²) >= 11 is 0. The molecule has 2 aromatic heterocycles. The molecule has 0 saturated carbocycles. The van der Waals surface area contributed by atoms with Crippen LogP contribution in [0.3, 0.4) is 0 Å². The summed E-state index contributed by atoms with van der Waals surface area (Å²) in [5, 5.41) is 13.6. The molecule has 1 aliphatic rings. The van der Waals surface area contributed by atoms with Crippen LogP contribution in [-0.2, 0) is 11.3 Å². The van der Waals surface area contributed by atoms with Gasteiger partial charge < -0.3 is 10.0 Å². The maximum atomic E-state index is 13.6. The lowest BCUT2D eigenvalue weighted by Crippen LogP contribution is -2.33. The molecular weight excluding hydrogens is 392 g/mol. The summed E-state index contributed by atoms with van der Waals surface area (Å²) in [5.74, 6) is -1.41. The number of β-amino-alcohol motifs (C(OH)–C–C–N with tert-alkyl or cyclic N) is 1. The van der Waals surface area contributed by atoms with E-state index in [1.54, 1.807) is 6.07 Å². The van der Waals surface area contributed by atoms with Gasteiger partial charge in [-0.05, 0) is 23.8 Å². The van der Waals surface area contributed by atoms with Crippen molar-refractivity contribution in [2.45, 2.75) is 25.2 Å². The number of hydrogen-bond donors (Lipinski definition) is 1. The molecule has 1 amide bonds. The number of aliphatic hydroxyl groups is 1. The van der Waals surface area contributed by atoms with Gasteiger partial charge in [0.1, 0.15) is 30.2 Å². The van der Waals surface area contributed by atoms with Crippen molar-refractivity contribution in [3.05, 3.63) is 48.0 Å². The molecule has 1 unspecified atom stereocenters. The molecule has 1 fully saturated rings. The first-order valence-corrected chi connectivity index (χ1v) is 8.83. The zero-order valence-corrected chi connectivity index (χ0v) is 15.0. The van der Waals surface area contributed by atoms with E-state index in [0.29, 0.717) is 22.2 Å². The number of aliphatic hydroxyl groups excluding tert-OH is 1. The SMILES string of the molecule is O=C(Cn1ncc2ncc(-c3ccc(F)c(C(F)F)c3)cc21)N1CC(O)[C@H](F)C1. The third kappa shape index (κ3) is 3.67. The first kappa shape index (κ1) is 19.3. The van der Waals surface area contributed by atoms with Gasteiger partial charge in [-0.15, -0.1) is 0 Å². The number of carbonyl (C=O) groups excluding carboxylic acids is 1. The van der Waals surface area contributed by atoms with E-state index in [4.69, 9.17) is 0 Å². The molecule has 10 heteroatoms. The van der Waals surface area contributed by atoms with Crippen molar-refractivity contribution >= 4 is 16.9 Å². The van der Waals surface area contributed by atoms with Crippen LogP contribution in [-0.4, -0.2) is 56.0 Å². The van der Waals surface area contributed by atoms with Gasteiger partial charge in [0.2, 0.25) is 5.91 Å². The van der Waals surface area contributed by atoms with E-state index >= 15 is 0 Å². The van der Waals surface area contributed by atoms with E-state index in [1.165, 1.54) is 28.0 Å². The topological polar surface area (TPSA) is 71.2 Å². The Morgan fingerprint density at radius 2 is 2.00 bits per heavy atom. The fourth-order valence-corrected chi connectivity index (χ4v) is 3.31. The number of alkyl halides is 3. The van der Waals surface area contributed by atoms with Crippen molar-refractivity contribution in [2.24, 2.45) is 0 Å². The Hall–Kier alpha value is -3.01. The molecular formula is C19H16F4N4O2. The number of fused-ring (bicyclic) bond motifs is 1. The molecule has 0 spiro atoms. The maximum absolute atomic E-state index is 13.6. The van der Waals surface area contributed by atoms with Gasteiger partial charge in [0.25, 0.3) is 6.43 Å². The average molecular weight is 408 g/mol. The van der Waals surface area contributed by atoms with E-state index in [2.05, 4.69) is 10.1 Å². The van der Waals surface area contributed by atoms with Crippen LogP contribution >= 0.6 is 0 Å². The summed E-state index contributed by atoms with van der Waals surface area (Å²) < 4.78 is 54.3. The molecule has 0 bridgehead atoms. The first-order chi connectivity index (χ1) is 13.8. The Morgan fingerprint density at radius 1 is 1.21 bits per heavy atom. The minimum Gasteiger partial charge on any atom is -0.388 e. The highest BCUT2D eigenvalue weighted by Crippen LogP contribution is 2.29. The number of rotatable bonds is 4. The van der Waals surface area contributed by atoms with Crippen LogP contribution in [0, 0.1) is 5.82 Å². The van der Waals surface area contributed by atoms with Gasteiger partial charge >= 0.3 is 0 Å². The lowest BCUT2D eigenvalue weighted by atomic mass is 10.0. The van der Waals surface area contributed by atoms with Gasteiger partial charge in [0, 0.05) is 18.3 Å². The Labute approximate surface area is 162 Å². The second-order valence-electron chi connectivity index (χ2n) is 6.85. The molecule has 152 valence electrons. The molecule has 1 saturated heterocycles. The van der Waals surface area contributed by atoms with Crippen LogP contribution in [0.2, 0.25) is 0 Å². The molecule has 1 N–H and O–H groups in total. The minimum atomic E-state index is -2.95. The molecule has 0 aliphatic carbocycles. The fourth-order valence-electron chi connectivity index (χ4n) is 3.31. The predicted molar refractivity (Wildman–Crippen MR) is 95.4 cm³/mol. The van der Waals surface area contributed by atoms with Crippen LogP contribution in [0.1, 0.15) is 12.0 Å². The van der Waals surface area contributed by atoms with Crippen LogP contribution in [0.25, 0.3) is 22.2 Å². The third-order valence-corrected chi connectivity index (χ3v) is 4.92. The molecule has 0 radical (unpaired) electrons. The second-order valence-corrected chi connectivity index (χ2v) is 6.85. The quantitative estimate of drug-likeness (QED) is 0.674. The van der Waals surface area contributed by atoms with Gasteiger partial charge in [0.05, 0.1) is 23.8 Å². The molecule has 1 aromatic carbocycles. The highest BCUT2D eigenvalue weighted by atomic mass is 19.3. The van der Waals surface area contributed by atoms with Crippen molar-refractivity contribution in [2.75, 3.05) is 13.1 Å². The van der Waals surface area contributed by atoms with Crippen molar-refractivity contribution in [1.82, 2.24) is 19.7 Å². The number of hydrogen-bond acceptors (Lipinski definition) is 4. The minimum absolute atomic E-state index is 0.0886. The predicted octanol–water partition coefficient (Wildman–Crippen LogP) is 2.72. The second kappa shape index (κ2) is 7.43. The maximum Gasteiger partial charge on any atom is 0.266 e. The summed E-state index contributed by atoms with van der Waals surface area (Å²) in [5.41, 5.74) is 1.03. The number of carbonyl (C=O) groups is 1. The van der Waals surface area contributed by atoms with Gasteiger partial charge in [-0.25, -0.2) is 17.6 Å². The fraction of sp³-hybridized carbons (Fsp3) is 0.316. The summed E-state index contributed by atoms with van der Waals surface area (Å²) in [6.07, 6.45) is -2.75. The van der Waals surface area contributed by atoms with E-state index in [9.17, 15) is 27.5 Å². The zero-order valence-electron chi connectivity index (χ0n) is 15.0. The lowest BCUT2D eigenvalue weighted by molar-refractivity contribution is -0.131. The smallest absolute Gasteiger partial charge is 0.266 e. The summed E-state index contributed by atoms with van der Waals surface area (Å²) in [6, 6.07) is 5.00. The van der Waals surface area contributed by atoms with Crippen LogP contribution < -0.4 is 0 Å². The van der Waals surface area contributed by atoms with Gasteiger partial charge in [0.15, 0.2) is 0 Å². The van der Waals surface area contributed by atoms with Crippen molar-refractivity contribution in [1.29, 1.82) is 0 Å². The number of benzene rings is 1. The highest BCUT2D eigenvalue weighted by molar-refractivity contribution is 5.83. The van der Waals surface area contributed by atoms with Crippen LogP contribution in [0.5, 0.6) is 0 Å². The first-order valence-electron chi connectivity index (χ1n) is 8.83. The Morgan fingerprint density at radius 3 is 2.69 bits per heavy atom. The van der Waals surface area contributed by atoms with E-state index < -0.39 is 36.0 Å². The zero-order chi connectivity index (χ0) is 20.7. The van der Waals surface area contributed by atoms with Crippen LogP contribution in [0.4, 0.5) is 17.6 Å². The largest absolute Gasteiger partial charge is 0.388 e. The summed E-state index contributed by atoms with van der Waals surface area (Å²) in [6.45, 7) is -0.469. The molecule has 2 atom stereocenters. The number of pyridine rings is 1. The normalized spacial score (nSPS) is 19.4. The van der Waals surface area contributed by atoms with E-state index in [0.717, 1.165) is 12.1 Å². The Balaban J connectivity index is 1.63. The van der Waals surface area contributed by atoms with E-state index in [1.807, 2.05) is 0 Å². The number of likely N-dealkylation sites (tertiary alicyclic amines) is 1. The molecule has 1 aliphatic heterocycles. The number of amides is 1. The molecule has 3 heterocycles. The molecule has 29 heavy (non-hydrogen) atoms. The van der Waals surface area contributed by atoms with Gasteiger partial charge in [-0.2, -0.15) is 5.10 Å². The van der Waals surface area contributed by atoms with Gasteiger partial charge in [-0.3, -0.25) is 14.5 Å². The Kier molecular flexibility index (Phi) is 4.95. The van der Waals surface area contributed by atoms with Crippen LogP contribution in [0.15, 0.2) is 36.7 Å². The summed E-state index contributed by atoms with van der Waals surface area (Å²) in [4.78, 5) is 17.8. The highest BCUT2D eigenvalue weighted by Gasteiger charge is 2.34. The van der Waals surface area contributed by atoms with E-state index in [-0.39, 0.29) is 19.6 Å². The van der Waals surface area contributed by atoms with Gasteiger partial charge in [-0.1, -0.05) is 6.07 Å².